The van der Waals surface area contributed by atoms with Crippen LogP contribution in [-0.4, -0.2) is 32.4 Å². The summed E-state index contributed by atoms with van der Waals surface area (Å²) >= 11 is 3.32. The number of hydrogen-bond acceptors (Lipinski definition) is 3. The van der Waals surface area contributed by atoms with Crippen LogP contribution in [0, 0.1) is 6.92 Å². The molecule has 0 aliphatic heterocycles. The van der Waals surface area contributed by atoms with Gasteiger partial charge in [0, 0.05) is 24.1 Å². The molecule has 0 aliphatic carbocycles. The van der Waals surface area contributed by atoms with Crippen LogP contribution in [0.4, 0.5) is 0 Å². The number of hydrogen-bond donors (Lipinski definition) is 1. The number of nitrogens with two attached hydrogens (primary N) is 1. The van der Waals surface area contributed by atoms with E-state index in [0.29, 0.717) is 11.0 Å². The number of halogens is 2. The average molecular weight is 358 g/mol. The van der Waals surface area contributed by atoms with Crippen LogP contribution in [0.3, 0.4) is 0 Å². The van der Waals surface area contributed by atoms with Gasteiger partial charge >= 0.3 is 0 Å². The van der Waals surface area contributed by atoms with Crippen LogP contribution in [0.15, 0.2) is 27.6 Å². The van der Waals surface area contributed by atoms with Crippen molar-refractivity contribution in [2.75, 3.05) is 13.6 Å². The zero-order valence-corrected chi connectivity index (χ0v) is 13.8. The lowest BCUT2D eigenvalue weighted by atomic mass is 10.2. The molecule has 0 spiro atoms. The van der Waals surface area contributed by atoms with Crippen LogP contribution in [0.2, 0.25) is 0 Å². The van der Waals surface area contributed by atoms with Crippen LogP contribution < -0.4 is 5.73 Å². The van der Waals surface area contributed by atoms with Gasteiger partial charge in [-0.1, -0.05) is 12.1 Å². The van der Waals surface area contributed by atoms with Crippen LogP contribution in [0.25, 0.3) is 0 Å². The summed E-state index contributed by atoms with van der Waals surface area (Å²) in [6, 6.07) is 4.95. The highest BCUT2D eigenvalue weighted by Crippen LogP contribution is 2.27. The van der Waals surface area contributed by atoms with Crippen molar-refractivity contribution < 1.29 is 8.42 Å². The molecule has 2 N–H and O–H groups in total. The number of likely N-dealkylation sites (N-methyl/N-ethyl adjacent to an activating group) is 1. The molecular weight excluding hydrogens is 340 g/mol. The Labute approximate surface area is 123 Å². The Bertz CT molecular complexity index is 508. The molecule has 0 heterocycles. The van der Waals surface area contributed by atoms with Gasteiger partial charge in [0.2, 0.25) is 10.0 Å². The normalized spacial score (nSPS) is 13.2. The zero-order chi connectivity index (χ0) is 13.2. The standard InChI is InChI=1S/C11H17BrN2O2S.ClH/c1-8-5-4-6-10(11(8)12)17(15,16)14(3)9(2)7-13;/h4-6,9H,7,13H2,1-3H3;1H. The van der Waals surface area contributed by atoms with E-state index in [9.17, 15) is 8.42 Å². The number of rotatable bonds is 4. The van der Waals surface area contributed by atoms with E-state index in [1.54, 1.807) is 26.1 Å². The van der Waals surface area contributed by atoms with Crippen molar-refractivity contribution in [3.8, 4) is 0 Å². The van der Waals surface area contributed by atoms with Crippen LogP contribution in [0.5, 0.6) is 0 Å². The van der Waals surface area contributed by atoms with Crippen molar-refractivity contribution in [2.45, 2.75) is 24.8 Å². The first-order valence-corrected chi connectivity index (χ1v) is 7.49. The zero-order valence-electron chi connectivity index (χ0n) is 10.6. The van der Waals surface area contributed by atoms with Crippen molar-refractivity contribution in [3.05, 3.63) is 28.2 Å². The number of nitrogens with zero attached hydrogens (tertiary/aromatic N) is 1. The lowest BCUT2D eigenvalue weighted by Crippen LogP contribution is -2.39. The van der Waals surface area contributed by atoms with Crippen molar-refractivity contribution in [3.63, 3.8) is 0 Å². The second-order valence-electron chi connectivity index (χ2n) is 3.99. The highest BCUT2D eigenvalue weighted by Gasteiger charge is 2.26. The van der Waals surface area contributed by atoms with Gasteiger partial charge in [-0.05, 0) is 41.4 Å². The molecule has 0 aromatic heterocycles. The molecule has 7 heteroatoms. The highest BCUT2D eigenvalue weighted by atomic mass is 79.9. The second-order valence-corrected chi connectivity index (χ2v) is 6.75. The highest BCUT2D eigenvalue weighted by molar-refractivity contribution is 9.10. The first-order valence-electron chi connectivity index (χ1n) is 5.25. The van der Waals surface area contributed by atoms with Gasteiger partial charge in [-0.15, -0.1) is 12.4 Å². The third-order valence-electron chi connectivity index (χ3n) is 2.78. The number of aryl methyl sites for hydroxylation is 1. The van der Waals surface area contributed by atoms with Crippen molar-refractivity contribution in [2.24, 2.45) is 5.73 Å². The third-order valence-corrected chi connectivity index (χ3v) is 6.10. The van der Waals surface area contributed by atoms with E-state index in [4.69, 9.17) is 5.73 Å². The quantitative estimate of drug-likeness (QED) is 0.898. The topological polar surface area (TPSA) is 63.4 Å². The molecule has 1 rings (SSSR count). The van der Waals surface area contributed by atoms with E-state index in [0.717, 1.165) is 5.56 Å². The fourth-order valence-electron chi connectivity index (χ4n) is 1.36. The van der Waals surface area contributed by atoms with Crippen LogP contribution in [0.1, 0.15) is 12.5 Å². The predicted molar refractivity (Wildman–Crippen MR) is 79.6 cm³/mol. The Morgan fingerprint density at radius 2 is 2.00 bits per heavy atom. The molecule has 0 saturated heterocycles. The molecule has 0 bridgehead atoms. The fraction of sp³-hybridized carbons (Fsp3) is 0.455. The van der Waals surface area contributed by atoms with Gasteiger partial charge < -0.3 is 5.73 Å². The summed E-state index contributed by atoms with van der Waals surface area (Å²) in [5.74, 6) is 0. The summed E-state index contributed by atoms with van der Waals surface area (Å²) in [4.78, 5) is 0.278. The van der Waals surface area contributed by atoms with Crippen molar-refractivity contribution in [1.29, 1.82) is 0 Å². The molecule has 0 amide bonds. The third kappa shape index (κ3) is 3.45. The molecule has 1 unspecified atom stereocenters. The molecule has 0 saturated carbocycles. The first kappa shape index (κ1) is 17.9. The monoisotopic (exact) mass is 356 g/mol. The number of benzene rings is 1. The van der Waals surface area contributed by atoms with E-state index in [2.05, 4.69) is 15.9 Å². The Morgan fingerprint density at radius 3 is 2.50 bits per heavy atom. The molecule has 1 aromatic carbocycles. The van der Waals surface area contributed by atoms with Crippen LogP contribution in [-0.2, 0) is 10.0 Å². The summed E-state index contributed by atoms with van der Waals surface area (Å²) in [6.45, 7) is 3.93. The van der Waals surface area contributed by atoms with Gasteiger partial charge in [-0.2, -0.15) is 4.31 Å². The first-order chi connectivity index (χ1) is 7.82. The summed E-state index contributed by atoms with van der Waals surface area (Å²) in [7, 11) is -1.95. The molecule has 0 fully saturated rings. The summed E-state index contributed by atoms with van der Waals surface area (Å²) in [5.41, 5.74) is 6.39. The van der Waals surface area contributed by atoms with Gasteiger partial charge in [-0.3, -0.25) is 0 Å². The maximum atomic E-state index is 12.3. The molecule has 18 heavy (non-hydrogen) atoms. The van der Waals surface area contributed by atoms with Crippen molar-refractivity contribution in [1.82, 2.24) is 4.31 Å². The largest absolute Gasteiger partial charge is 0.329 e. The maximum Gasteiger partial charge on any atom is 0.244 e. The van der Waals surface area contributed by atoms with Gasteiger partial charge in [0.25, 0.3) is 0 Å². The number of sulfonamides is 1. The molecule has 1 aromatic rings. The van der Waals surface area contributed by atoms with E-state index in [-0.39, 0.29) is 23.3 Å². The van der Waals surface area contributed by atoms with Gasteiger partial charge in [-0.25, -0.2) is 8.42 Å². The van der Waals surface area contributed by atoms with Crippen molar-refractivity contribution >= 4 is 38.4 Å². The fourth-order valence-corrected chi connectivity index (χ4v) is 3.75. The molecule has 1 atom stereocenters. The summed E-state index contributed by atoms with van der Waals surface area (Å²) in [6.07, 6.45) is 0. The smallest absolute Gasteiger partial charge is 0.244 e. The van der Waals surface area contributed by atoms with Gasteiger partial charge in [0.1, 0.15) is 0 Å². The summed E-state index contributed by atoms with van der Waals surface area (Å²) in [5, 5.41) is 0. The van der Waals surface area contributed by atoms with E-state index >= 15 is 0 Å². The lowest BCUT2D eigenvalue weighted by molar-refractivity contribution is 0.394. The van der Waals surface area contributed by atoms with E-state index < -0.39 is 10.0 Å². The van der Waals surface area contributed by atoms with Gasteiger partial charge in [0.15, 0.2) is 0 Å². The molecule has 4 nitrogen and oxygen atoms in total. The maximum absolute atomic E-state index is 12.3. The lowest BCUT2D eigenvalue weighted by Gasteiger charge is -2.23. The Balaban J connectivity index is 0.00000289. The second kappa shape index (κ2) is 6.86. The Kier molecular flexibility index (Phi) is 6.81. The average Bonchev–Trinajstić information content (AvgIpc) is 2.30. The summed E-state index contributed by atoms with van der Waals surface area (Å²) < 4.78 is 26.6. The minimum atomic E-state index is -3.50. The molecular formula is C11H18BrClN2O2S. The molecule has 104 valence electrons. The predicted octanol–water partition coefficient (Wildman–Crippen LogP) is 2.15. The molecule has 0 aliphatic rings. The molecule has 0 radical (unpaired) electrons. The van der Waals surface area contributed by atoms with E-state index in [1.165, 1.54) is 4.31 Å². The Hall–Kier alpha value is -0.140. The Morgan fingerprint density at radius 1 is 1.44 bits per heavy atom. The van der Waals surface area contributed by atoms with Crippen LogP contribution >= 0.6 is 28.3 Å². The SMILES string of the molecule is Cc1cccc(S(=O)(=O)N(C)C(C)CN)c1Br.Cl. The van der Waals surface area contributed by atoms with E-state index in [1.807, 2.05) is 13.0 Å². The minimum Gasteiger partial charge on any atom is -0.329 e. The minimum absolute atomic E-state index is 0. The van der Waals surface area contributed by atoms with Gasteiger partial charge in [0.05, 0.1) is 4.90 Å².